The molecule has 18 heavy (non-hydrogen) atoms. The number of rotatable bonds is 3. The lowest BCUT2D eigenvalue weighted by atomic mass is 9.86. The van der Waals surface area contributed by atoms with E-state index in [9.17, 15) is 5.11 Å². The first-order valence-electron chi connectivity index (χ1n) is 5.71. The minimum absolute atomic E-state index is 0.0842. The molecule has 7 N–H and O–H groups in total. The van der Waals surface area contributed by atoms with Crippen LogP contribution in [0.2, 0.25) is 0 Å². The number of hydrogen-bond acceptors (Lipinski definition) is 4. The molecule has 4 heteroatoms. The number of nitrogens with two attached hydrogens (primary N) is 3. The lowest BCUT2D eigenvalue weighted by molar-refractivity contribution is 0.0903. The molecule has 0 aliphatic carbocycles. The van der Waals surface area contributed by atoms with Crippen LogP contribution in [-0.4, -0.2) is 11.7 Å². The highest BCUT2D eigenvalue weighted by atomic mass is 16.3. The van der Waals surface area contributed by atoms with Crippen molar-refractivity contribution in [1.29, 1.82) is 0 Å². The molecule has 2 rings (SSSR count). The van der Waals surface area contributed by atoms with Gasteiger partial charge in [0.05, 0.1) is 0 Å². The molecular formula is C14H17N3O. The second kappa shape index (κ2) is 4.68. The van der Waals surface area contributed by atoms with Gasteiger partial charge in [-0.05, 0) is 35.4 Å². The fourth-order valence-electron chi connectivity index (χ4n) is 1.92. The van der Waals surface area contributed by atoms with Crippen molar-refractivity contribution in [1.82, 2.24) is 0 Å². The highest BCUT2D eigenvalue weighted by molar-refractivity contribution is 5.47. The third-order valence-corrected chi connectivity index (χ3v) is 3.07. The number of nitrogen functional groups attached to an aromatic ring is 2. The number of hydrogen-bond donors (Lipinski definition) is 4. The van der Waals surface area contributed by atoms with Gasteiger partial charge in [-0.2, -0.15) is 0 Å². The lowest BCUT2D eigenvalue weighted by Gasteiger charge is -2.28. The van der Waals surface area contributed by atoms with E-state index in [0.717, 1.165) is 0 Å². The van der Waals surface area contributed by atoms with Crippen LogP contribution in [0.25, 0.3) is 0 Å². The van der Waals surface area contributed by atoms with E-state index < -0.39 is 5.60 Å². The summed E-state index contributed by atoms with van der Waals surface area (Å²) in [5, 5.41) is 10.7. The summed E-state index contributed by atoms with van der Waals surface area (Å²) in [5.41, 5.74) is 18.5. The van der Waals surface area contributed by atoms with Gasteiger partial charge in [0.25, 0.3) is 0 Å². The summed E-state index contributed by atoms with van der Waals surface area (Å²) in [6, 6.07) is 14.1. The summed E-state index contributed by atoms with van der Waals surface area (Å²) < 4.78 is 0. The summed E-state index contributed by atoms with van der Waals surface area (Å²) >= 11 is 0. The van der Waals surface area contributed by atoms with Crippen LogP contribution in [0.4, 0.5) is 11.4 Å². The topological polar surface area (TPSA) is 98.3 Å². The summed E-state index contributed by atoms with van der Waals surface area (Å²) in [6.07, 6.45) is 0. The fourth-order valence-corrected chi connectivity index (χ4v) is 1.92. The van der Waals surface area contributed by atoms with Crippen LogP contribution >= 0.6 is 0 Å². The van der Waals surface area contributed by atoms with Gasteiger partial charge in [0.15, 0.2) is 0 Å². The molecule has 2 aromatic rings. The third kappa shape index (κ3) is 2.16. The highest BCUT2D eigenvalue weighted by Crippen LogP contribution is 2.29. The van der Waals surface area contributed by atoms with E-state index in [2.05, 4.69) is 0 Å². The van der Waals surface area contributed by atoms with Gasteiger partial charge >= 0.3 is 0 Å². The molecule has 0 saturated carbocycles. The highest BCUT2D eigenvalue weighted by Gasteiger charge is 2.29. The Morgan fingerprint density at radius 3 is 1.39 bits per heavy atom. The second-order valence-electron chi connectivity index (χ2n) is 4.31. The summed E-state index contributed by atoms with van der Waals surface area (Å²) in [6.45, 7) is 0.0842. The van der Waals surface area contributed by atoms with Crippen LogP contribution in [0.1, 0.15) is 11.1 Å². The van der Waals surface area contributed by atoms with Crippen LogP contribution in [-0.2, 0) is 5.60 Å². The van der Waals surface area contributed by atoms with Crippen molar-refractivity contribution in [2.75, 3.05) is 18.0 Å². The van der Waals surface area contributed by atoms with Gasteiger partial charge in [0, 0.05) is 17.9 Å². The maximum Gasteiger partial charge on any atom is 0.127 e. The SMILES string of the molecule is NCC(O)(c1ccc(N)cc1)c1ccc(N)cc1. The van der Waals surface area contributed by atoms with Gasteiger partial charge in [-0.3, -0.25) is 0 Å². The van der Waals surface area contributed by atoms with Crippen molar-refractivity contribution in [3.63, 3.8) is 0 Å². The molecule has 0 fully saturated rings. The summed E-state index contributed by atoms with van der Waals surface area (Å²) in [5.74, 6) is 0. The van der Waals surface area contributed by atoms with Crippen molar-refractivity contribution in [2.24, 2.45) is 5.73 Å². The Morgan fingerprint density at radius 1 is 0.778 bits per heavy atom. The molecule has 4 nitrogen and oxygen atoms in total. The summed E-state index contributed by atoms with van der Waals surface area (Å²) in [4.78, 5) is 0. The Bertz CT molecular complexity index is 474. The molecule has 0 aliphatic rings. The van der Waals surface area contributed by atoms with E-state index in [1.54, 1.807) is 48.5 Å². The monoisotopic (exact) mass is 243 g/mol. The van der Waals surface area contributed by atoms with Crippen LogP contribution in [0, 0.1) is 0 Å². The molecule has 2 aromatic carbocycles. The molecule has 0 heterocycles. The van der Waals surface area contributed by atoms with Crippen molar-refractivity contribution in [3.8, 4) is 0 Å². The fraction of sp³-hybridized carbons (Fsp3) is 0.143. The predicted octanol–water partition coefficient (Wildman–Crippen LogP) is 1.05. The first-order chi connectivity index (χ1) is 8.56. The lowest BCUT2D eigenvalue weighted by Crippen LogP contribution is -2.36. The first kappa shape index (κ1) is 12.4. The first-order valence-corrected chi connectivity index (χ1v) is 5.71. The Kier molecular flexibility index (Phi) is 3.23. The number of anilines is 2. The standard InChI is InChI=1S/C14H17N3O/c15-9-14(18,10-1-5-12(16)6-2-10)11-3-7-13(17)8-4-11/h1-8,18H,9,15-17H2. The van der Waals surface area contributed by atoms with Crippen molar-refractivity contribution in [3.05, 3.63) is 59.7 Å². The second-order valence-corrected chi connectivity index (χ2v) is 4.31. The smallest absolute Gasteiger partial charge is 0.127 e. The molecule has 0 spiro atoms. The van der Waals surface area contributed by atoms with E-state index >= 15 is 0 Å². The molecular weight excluding hydrogens is 226 g/mol. The van der Waals surface area contributed by atoms with Crippen molar-refractivity contribution < 1.29 is 5.11 Å². The van der Waals surface area contributed by atoms with E-state index in [-0.39, 0.29) is 6.54 Å². The maximum absolute atomic E-state index is 10.7. The molecule has 0 radical (unpaired) electrons. The zero-order chi connectivity index (χ0) is 13.2. The van der Waals surface area contributed by atoms with Crippen LogP contribution < -0.4 is 17.2 Å². The van der Waals surface area contributed by atoms with Crippen molar-refractivity contribution in [2.45, 2.75) is 5.60 Å². The molecule has 0 unspecified atom stereocenters. The quantitative estimate of drug-likeness (QED) is 0.605. The molecule has 0 bridgehead atoms. The number of benzene rings is 2. The van der Waals surface area contributed by atoms with Gasteiger partial charge in [0.2, 0.25) is 0 Å². The van der Waals surface area contributed by atoms with Crippen LogP contribution in [0.3, 0.4) is 0 Å². The largest absolute Gasteiger partial charge is 0.399 e. The van der Waals surface area contributed by atoms with Gasteiger partial charge in [-0.25, -0.2) is 0 Å². The minimum atomic E-state index is -1.22. The van der Waals surface area contributed by atoms with Crippen LogP contribution in [0.5, 0.6) is 0 Å². The van der Waals surface area contributed by atoms with Gasteiger partial charge in [-0.1, -0.05) is 24.3 Å². The van der Waals surface area contributed by atoms with Crippen molar-refractivity contribution >= 4 is 11.4 Å². The molecule has 0 aromatic heterocycles. The van der Waals surface area contributed by atoms with Gasteiger partial charge in [0.1, 0.15) is 5.60 Å². The normalized spacial score (nSPS) is 11.4. The van der Waals surface area contributed by atoms with E-state index in [4.69, 9.17) is 17.2 Å². The van der Waals surface area contributed by atoms with Gasteiger partial charge in [-0.15, -0.1) is 0 Å². The molecule has 0 amide bonds. The number of aliphatic hydroxyl groups is 1. The Morgan fingerprint density at radius 2 is 1.11 bits per heavy atom. The maximum atomic E-state index is 10.7. The molecule has 94 valence electrons. The van der Waals surface area contributed by atoms with E-state index in [1.807, 2.05) is 0 Å². The van der Waals surface area contributed by atoms with Gasteiger partial charge < -0.3 is 22.3 Å². The molecule has 0 atom stereocenters. The average Bonchev–Trinajstić information content (AvgIpc) is 2.39. The van der Waals surface area contributed by atoms with E-state index in [0.29, 0.717) is 22.5 Å². The zero-order valence-electron chi connectivity index (χ0n) is 10.0. The Hall–Kier alpha value is -2.04. The predicted molar refractivity (Wildman–Crippen MR) is 73.8 cm³/mol. The Labute approximate surface area is 106 Å². The zero-order valence-corrected chi connectivity index (χ0v) is 10.0. The molecule has 0 aliphatic heterocycles. The third-order valence-electron chi connectivity index (χ3n) is 3.07. The van der Waals surface area contributed by atoms with E-state index in [1.165, 1.54) is 0 Å². The average molecular weight is 243 g/mol. The minimum Gasteiger partial charge on any atom is -0.399 e. The summed E-state index contributed by atoms with van der Waals surface area (Å²) in [7, 11) is 0. The molecule has 0 saturated heterocycles. The van der Waals surface area contributed by atoms with Crippen LogP contribution in [0.15, 0.2) is 48.5 Å². The Balaban J connectivity index is 2.47.